The van der Waals surface area contributed by atoms with E-state index in [-0.39, 0.29) is 30.4 Å². The van der Waals surface area contributed by atoms with Crippen LogP contribution >= 0.6 is 0 Å². The number of likely N-dealkylation sites (tertiary alicyclic amines) is 1. The number of H-pyrrole nitrogens is 1. The van der Waals surface area contributed by atoms with E-state index in [4.69, 9.17) is 4.74 Å². The molecule has 1 aromatic carbocycles. The van der Waals surface area contributed by atoms with Gasteiger partial charge in [-0.1, -0.05) is 0 Å². The Morgan fingerprint density at radius 2 is 2.12 bits per heavy atom. The fraction of sp³-hybridized carbons (Fsp3) is 0.353. The van der Waals surface area contributed by atoms with Gasteiger partial charge < -0.3 is 19.9 Å². The van der Waals surface area contributed by atoms with E-state index in [2.05, 4.69) is 10.3 Å². The number of benzene rings is 1. The first-order chi connectivity index (χ1) is 12.1. The van der Waals surface area contributed by atoms with Crippen LogP contribution in [0, 0.1) is 0 Å². The van der Waals surface area contributed by atoms with Crippen molar-refractivity contribution in [2.45, 2.75) is 12.5 Å². The van der Waals surface area contributed by atoms with Crippen molar-refractivity contribution in [3.05, 3.63) is 30.0 Å². The number of nitrogens with one attached hydrogen (secondary N) is 2. The number of ether oxygens (including phenoxy) is 1. The molecule has 2 aliphatic rings. The summed E-state index contributed by atoms with van der Waals surface area (Å²) in [6.07, 6.45) is 0.596. The maximum absolute atomic E-state index is 12.8. The lowest BCUT2D eigenvalue weighted by Crippen LogP contribution is -2.42. The predicted octanol–water partition coefficient (Wildman–Crippen LogP) is 0.943. The molecule has 8 nitrogen and oxygen atoms in total. The summed E-state index contributed by atoms with van der Waals surface area (Å²) in [6, 6.07) is 6.74. The number of fused-ring (bicyclic) bond motifs is 1. The van der Waals surface area contributed by atoms with E-state index < -0.39 is 0 Å². The van der Waals surface area contributed by atoms with Crippen molar-refractivity contribution in [1.29, 1.82) is 0 Å². The molecule has 3 heterocycles. The van der Waals surface area contributed by atoms with Crippen LogP contribution in [0.3, 0.4) is 0 Å². The molecule has 0 bridgehead atoms. The SMILES string of the molecule is COc1ccc2cc(C(=O)N3CCC(N4C(=O)CNC4=O)C3)[nH]c2c1. The molecule has 1 unspecified atom stereocenters. The first-order valence-electron chi connectivity index (χ1n) is 8.13. The highest BCUT2D eigenvalue weighted by atomic mass is 16.5. The van der Waals surface area contributed by atoms with Gasteiger partial charge in [-0.3, -0.25) is 14.5 Å². The van der Waals surface area contributed by atoms with E-state index in [0.717, 1.165) is 10.9 Å². The first-order valence-corrected chi connectivity index (χ1v) is 8.13. The van der Waals surface area contributed by atoms with Gasteiger partial charge in [-0.2, -0.15) is 0 Å². The zero-order valence-electron chi connectivity index (χ0n) is 13.7. The highest BCUT2D eigenvalue weighted by Crippen LogP contribution is 2.24. The summed E-state index contributed by atoms with van der Waals surface area (Å²) in [6.45, 7) is 0.906. The molecule has 2 N–H and O–H groups in total. The molecular formula is C17H18N4O4. The fourth-order valence-electron chi connectivity index (χ4n) is 3.46. The van der Waals surface area contributed by atoms with Crippen molar-refractivity contribution in [2.24, 2.45) is 0 Å². The lowest BCUT2D eigenvalue weighted by molar-refractivity contribution is -0.126. The van der Waals surface area contributed by atoms with E-state index in [9.17, 15) is 14.4 Å². The van der Waals surface area contributed by atoms with Crippen molar-refractivity contribution in [2.75, 3.05) is 26.7 Å². The van der Waals surface area contributed by atoms with Crippen LogP contribution in [0.15, 0.2) is 24.3 Å². The standard InChI is InChI=1S/C17H18N4O4/c1-25-12-3-2-10-6-14(19-13(10)7-12)16(23)20-5-4-11(9-20)21-15(22)8-18-17(21)24/h2-3,6-7,11,19H,4-5,8-9H2,1H3,(H,18,24). The quantitative estimate of drug-likeness (QED) is 0.812. The van der Waals surface area contributed by atoms with E-state index in [1.165, 1.54) is 4.90 Å². The molecule has 2 aliphatic heterocycles. The van der Waals surface area contributed by atoms with E-state index >= 15 is 0 Å². The summed E-state index contributed by atoms with van der Waals surface area (Å²) >= 11 is 0. The Morgan fingerprint density at radius 1 is 1.28 bits per heavy atom. The third-order valence-corrected chi connectivity index (χ3v) is 4.75. The highest BCUT2D eigenvalue weighted by Gasteiger charge is 2.39. The van der Waals surface area contributed by atoms with Gasteiger partial charge in [-0.25, -0.2) is 4.79 Å². The zero-order chi connectivity index (χ0) is 17.6. The van der Waals surface area contributed by atoms with Crippen LogP contribution in [-0.4, -0.2) is 65.4 Å². The molecule has 0 saturated carbocycles. The summed E-state index contributed by atoms with van der Waals surface area (Å²) in [5, 5.41) is 3.44. The number of aromatic nitrogens is 1. The Labute approximate surface area is 143 Å². The van der Waals surface area contributed by atoms with E-state index in [0.29, 0.717) is 31.0 Å². The summed E-state index contributed by atoms with van der Waals surface area (Å²) < 4.78 is 5.19. The van der Waals surface area contributed by atoms with Crippen molar-refractivity contribution >= 4 is 28.7 Å². The molecule has 2 saturated heterocycles. The Bertz CT molecular complexity index is 859. The van der Waals surface area contributed by atoms with Crippen molar-refractivity contribution in [1.82, 2.24) is 20.1 Å². The summed E-state index contributed by atoms with van der Waals surface area (Å²) in [5.74, 6) is 0.347. The molecule has 8 heteroatoms. The molecule has 1 atom stereocenters. The van der Waals surface area contributed by atoms with Gasteiger partial charge in [-0.15, -0.1) is 0 Å². The van der Waals surface area contributed by atoms with Crippen LogP contribution in [-0.2, 0) is 4.79 Å². The topological polar surface area (TPSA) is 94.7 Å². The Kier molecular flexibility index (Phi) is 3.60. The highest BCUT2D eigenvalue weighted by molar-refractivity contribution is 6.02. The molecular weight excluding hydrogens is 324 g/mol. The molecule has 4 rings (SSSR count). The normalized spacial score (nSPS) is 20.4. The van der Waals surface area contributed by atoms with Crippen LogP contribution in [0.4, 0.5) is 4.79 Å². The van der Waals surface area contributed by atoms with Crippen LogP contribution in [0.2, 0.25) is 0 Å². The smallest absolute Gasteiger partial charge is 0.324 e. The second-order valence-corrected chi connectivity index (χ2v) is 6.25. The number of urea groups is 1. The maximum Gasteiger partial charge on any atom is 0.324 e. The molecule has 4 amide bonds. The number of hydrogen-bond donors (Lipinski definition) is 2. The maximum atomic E-state index is 12.8. The molecule has 0 radical (unpaired) electrons. The van der Waals surface area contributed by atoms with Gasteiger partial charge in [0.05, 0.1) is 19.7 Å². The monoisotopic (exact) mass is 342 g/mol. The van der Waals surface area contributed by atoms with Crippen molar-refractivity contribution in [3.8, 4) is 5.75 Å². The molecule has 25 heavy (non-hydrogen) atoms. The van der Waals surface area contributed by atoms with Gasteiger partial charge in [0.2, 0.25) is 5.91 Å². The molecule has 2 aromatic rings. The Hall–Kier alpha value is -3.03. The number of imide groups is 1. The summed E-state index contributed by atoms with van der Waals surface area (Å²) in [5.41, 5.74) is 1.31. The Morgan fingerprint density at radius 3 is 2.84 bits per heavy atom. The molecule has 0 aliphatic carbocycles. The first kappa shape index (κ1) is 15.5. The minimum atomic E-state index is -0.373. The van der Waals surface area contributed by atoms with Crippen LogP contribution < -0.4 is 10.1 Å². The van der Waals surface area contributed by atoms with Crippen LogP contribution in [0.1, 0.15) is 16.9 Å². The molecule has 1 aromatic heterocycles. The number of amides is 4. The summed E-state index contributed by atoms with van der Waals surface area (Å²) in [7, 11) is 1.59. The largest absolute Gasteiger partial charge is 0.497 e. The lowest BCUT2D eigenvalue weighted by atomic mass is 10.2. The molecule has 0 spiro atoms. The number of aromatic amines is 1. The number of rotatable bonds is 3. The minimum absolute atomic E-state index is 0.0349. The van der Waals surface area contributed by atoms with Crippen molar-refractivity contribution < 1.29 is 19.1 Å². The third kappa shape index (κ3) is 2.59. The zero-order valence-corrected chi connectivity index (χ0v) is 13.7. The average molecular weight is 342 g/mol. The fourth-order valence-corrected chi connectivity index (χ4v) is 3.46. The summed E-state index contributed by atoms with van der Waals surface area (Å²) in [4.78, 5) is 42.4. The second kappa shape index (κ2) is 5.80. The number of carbonyl (C=O) groups excluding carboxylic acids is 3. The van der Waals surface area contributed by atoms with Gasteiger partial charge in [0.25, 0.3) is 5.91 Å². The average Bonchev–Trinajstić information content (AvgIpc) is 3.32. The van der Waals surface area contributed by atoms with Crippen LogP contribution in [0.25, 0.3) is 10.9 Å². The van der Waals surface area contributed by atoms with Gasteiger partial charge in [0.1, 0.15) is 11.4 Å². The lowest BCUT2D eigenvalue weighted by Gasteiger charge is -2.21. The van der Waals surface area contributed by atoms with Gasteiger partial charge in [-0.05, 0) is 24.6 Å². The Balaban J connectivity index is 1.52. The number of nitrogens with zero attached hydrogens (tertiary/aromatic N) is 2. The number of carbonyl (C=O) groups is 3. The number of methoxy groups -OCH3 is 1. The van der Waals surface area contributed by atoms with Crippen LogP contribution in [0.5, 0.6) is 5.75 Å². The van der Waals surface area contributed by atoms with E-state index in [1.54, 1.807) is 18.1 Å². The van der Waals surface area contributed by atoms with Gasteiger partial charge >= 0.3 is 6.03 Å². The predicted molar refractivity (Wildman–Crippen MR) is 89.4 cm³/mol. The van der Waals surface area contributed by atoms with E-state index in [1.807, 2.05) is 18.2 Å². The van der Waals surface area contributed by atoms with Gasteiger partial charge in [0.15, 0.2) is 0 Å². The molecule has 130 valence electrons. The molecule has 2 fully saturated rings. The van der Waals surface area contributed by atoms with Crippen molar-refractivity contribution in [3.63, 3.8) is 0 Å². The minimum Gasteiger partial charge on any atom is -0.497 e. The third-order valence-electron chi connectivity index (χ3n) is 4.75. The number of hydrogen-bond acceptors (Lipinski definition) is 4. The second-order valence-electron chi connectivity index (χ2n) is 6.25. The van der Waals surface area contributed by atoms with Gasteiger partial charge in [0, 0.05) is 30.1 Å².